The molecular weight excluding hydrogens is 242 g/mol. The van der Waals surface area contributed by atoms with Gasteiger partial charge in [-0.25, -0.2) is 0 Å². The van der Waals surface area contributed by atoms with Crippen molar-refractivity contribution in [3.8, 4) is 5.75 Å². The molecule has 1 N–H and O–H groups in total. The van der Waals surface area contributed by atoms with E-state index in [9.17, 15) is 0 Å². The molecule has 0 unspecified atom stereocenters. The zero-order valence-electron chi connectivity index (χ0n) is 11.2. The molecule has 0 amide bonds. The highest BCUT2D eigenvalue weighted by Crippen LogP contribution is 2.25. The van der Waals surface area contributed by atoms with Gasteiger partial charge in [0.1, 0.15) is 5.75 Å². The highest BCUT2D eigenvalue weighted by atomic mass is 32.2. The fourth-order valence-corrected chi connectivity index (χ4v) is 2.83. The topological polar surface area (TPSA) is 21.3 Å². The Bertz CT molecular complexity index is 368. The van der Waals surface area contributed by atoms with Gasteiger partial charge in [-0.2, -0.15) is 11.8 Å². The van der Waals surface area contributed by atoms with Crippen molar-refractivity contribution >= 4 is 11.8 Å². The first-order valence-corrected chi connectivity index (χ1v) is 8.08. The minimum Gasteiger partial charge on any atom is -0.493 e. The standard InChI is InChI=1S/C15H23NOS/c1-2-18-11-3-8-16-9-6-13-4-5-15-14(12-13)7-10-17-15/h4-5,12,16H,2-3,6-11H2,1H3. The highest BCUT2D eigenvalue weighted by molar-refractivity contribution is 7.99. The molecule has 0 bridgehead atoms. The van der Waals surface area contributed by atoms with Crippen LogP contribution in [0.3, 0.4) is 0 Å². The molecule has 0 atom stereocenters. The molecule has 1 aromatic carbocycles. The summed E-state index contributed by atoms with van der Waals surface area (Å²) >= 11 is 2.02. The van der Waals surface area contributed by atoms with E-state index in [1.54, 1.807) is 0 Å². The van der Waals surface area contributed by atoms with Gasteiger partial charge in [-0.3, -0.25) is 0 Å². The quantitative estimate of drug-likeness (QED) is 0.730. The largest absolute Gasteiger partial charge is 0.493 e. The van der Waals surface area contributed by atoms with E-state index in [4.69, 9.17) is 4.74 Å². The number of nitrogens with one attached hydrogen (secondary N) is 1. The third-order valence-corrected chi connectivity index (χ3v) is 4.18. The van der Waals surface area contributed by atoms with E-state index in [-0.39, 0.29) is 0 Å². The maximum absolute atomic E-state index is 5.52. The van der Waals surface area contributed by atoms with Crippen molar-refractivity contribution in [1.29, 1.82) is 0 Å². The summed E-state index contributed by atoms with van der Waals surface area (Å²) in [6.07, 6.45) is 3.47. The number of ether oxygens (including phenoxy) is 1. The summed E-state index contributed by atoms with van der Waals surface area (Å²) in [5.41, 5.74) is 2.81. The fourth-order valence-electron chi connectivity index (χ4n) is 2.20. The van der Waals surface area contributed by atoms with Crippen LogP contribution in [0, 0.1) is 0 Å². The summed E-state index contributed by atoms with van der Waals surface area (Å²) in [6, 6.07) is 6.62. The first-order valence-electron chi connectivity index (χ1n) is 6.93. The Balaban J connectivity index is 1.62. The number of benzene rings is 1. The van der Waals surface area contributed by atoms with Crippen LogP contribution in [0.2, 0.25) is 0 Å². The summed E-state index contributed by atoms with van der Waals surface area (Å²) in [4.78, 5) is 0. The molecule has 0 aliphatic carbocycles. The summed E-state index contributed by atoms with van der Waals surface area (Å²) in [5.74, 6) is 3.60. The van der Waals surface area contributed by atoms with Crippen LogP contribution >= 0.6 is 11.8 Å². The number of hydrogen-bond donors (Lipinski definition) is 1. The summed E-state index contributed by atoms with van der Waals surface area (Å²) in [5, 5.41) is 3.52. The van der Waals surface area contributed by atoms with Crippen LogP contribution in [0.5, 0.6) is 5.75 Å². The lowest BCUT2D eigenvalue weighted by Crippen LogP contribution is -2.19. The Hall–Kier alpha value is -0.670. The zero-order chi connectivity index (χ0) is 12.6. The van der Waals surface area contributed by atoms with Gasteiger partial charge in [0.15, 0.2) is 0 Å². The van der Waals surface area contributed by atoms with Gasteiger partial charge in [0, 0.05) is 6.42 Å². The average molecular weight is 265 g/mol. The second-order valence-electron chi connectivity index (χ2n) is 4.59. The smallest absolute Gasteiger partial charge is 0.122 e. The van der Waals surface area contributed by atoms with Crippen LogP contribution in [-0.2, 0) is 12.8 Å². The Labute approximate surface area is 114 Å². The van der Waals surface area contributed by atoms with E-state index in [2.05, 4.69) is 30.4 Å². The Morgan fingerprint density at radius 2 is 2.28 bits per heavy atom. The van der Waals surface area contributed by atoms with Crippen LogP contribution < -0.4 is 10.1 Å². The molecule has 0 fully saturated rings. The second kappa shape index (κ2) is 7.70. The minimum absolute atomic E-state index is 0.853. The minimum atomic E-state index is 0.853. The molecule has 0 saturated carbocycles. The Kier molecular flexibility index (Phi) is 5.88. The lowest BCUT2D eigenvalue weighted by Gasteiger charge is -2.06. The third kappa shape index (κ3) is 4.21. The van der Waals surface area contributed by atoms with Gasteiger partial charge in [-0.05, 0) is 54.6 Å². The predicted molar refractivity (Wildman–Crippen MR) is 79.8 cm³/mol. The van der Waals surface area contributed by atoms with Crippen LogP contribution in [0.25, 0.3) is 0 Å². The SMILES string of the molecule is CCSCCCNCCc1ccc2c(c1)CCO2. The maximum Gasteiger partial charge on any atom is 0.122 e. The fraction of sp³-hybridized carbons (Fsp3) is 0.600. The van der Waals surface area contributed by atoms with Crippen molar-refractivity contribution in [2.45, 2.75) is 26.2 Å². The summed E-state index contributed by atoms with van der Waals surface area (Å²) < 4.78 is 5.52. The Morgan fingerprint density at radius 3 is 3.17 bits per heavy atom. The Morgan fingerprint density at radius 1 is 1.33 bits per heavy atom. The van der Waals surface area contributed by atoms with Crippen molar-refractivity contribution < 1.29 is 4.74 Å². The number of rotatable bonds is 8. The molecular formula is C15H23NOS. The van der Waals surface area contributed by atoms with Gasteiger partial charge >= 0.3 is 0 Å². The molecule has 0 radical (unpaired) electrons. The van der Waals surface area contributed by atoms with Crippen molar-refractivity contribution in [3.05, 3.63) is 29.3 Å². The average Bonchev–Trinajstić information content (AvgIpc) is 2.85. The molecule has 1 aliphatic rings. The molecule has 0 saturated heterocycles. The van der Waals surface area contributed by atoms with Gasteiger partial charge in [-0.15, -0.1) is 0 Å². The van der Waals surface area contributed by atoms with Gasteiger partial charge in [-0.1, -0.05) is 19.1 Å². The number of hydrogen-bond acceptors (Lipinski definition) is 3. The van der Waals surface area contributed by atoms with Crippen LogP contribution in [0.1, 0.15) is 24.5 Å². The van der Waals surface area contributed by atoms with Crippen LogP contribution in [0.4, 0.5) is 0 Å². The van der Waals surface area contributed by atoms with Gasteiger partial charge in [0.05, 0.1) is 6.61 Å². The first-order chi connectivity index (χ1) is 8.90. The molecule has 3 heteroatoms. The van der Waals surface area contributed by atoms with Gasteiger partial charge in [0.2, 0.25) is 0 Å². The normalized spacial score (nSPS) is 13.4. The lowest BCUT2D eigenvalue weighted by atomic mass is 10.1. The number of fused-ring (bicyclic) bond motifs is 1. The van der Waals surface area contributed by atoms with Crippen molar-refractivity contribution in [2.24, 2.45) is 0 Å². The molecule has 2 nitrogen and oxygen atoms in total. The van der Waals surface area contributed by atoms with E-state index < -0.39 is 0 Å². The van der Waals surface area contributed by atoms with Crippen molar-refractivity contribution in [1.82, 2.24) is 5.32 Å². The maximum atomic E-state index is 5.52. The highest BCUT2D eigenvalue weighted by Gasteiger charge is 2.11. The molecule has 18 heavy (non-hydrogen) atoms. The third-order valence-electron chi connectivity index (χ3n) is 3.19. The van der Waals surface area contributed by atoms with Crippen molar-refractivity contribution in [2.75, 3.05) is 31.2 Å². The molecule has 100 valence electrons. The van der Waals surface area contributed by atoms with E-state index in [1.807, 2.05) is 11.8 Å². The lowest BCUT2D eigenvalue weighted by molar-refractivity contribution is 0.357. The van der Waals surface area contributed by atoms with Gasteiger partial charge < -0.3 is 10.1 Å². The molecule has 1 aromatic rings. The van der Waals surface area contributed by atoms with E-state index >= 15 is 0 Å². The second-order valence-corrected chi connectivity index (χ2v) is 5.98. The van der Waals surface area contributed by atoms with E-state index in [0.717, 1.165) is 38.3 Å². The van der Waals surface area contributed by atoms with Crippen molar-refractivity contribution in [3.63, 3.8) is 0 Å². The van der Waals surface area contributed by atoms with E-state index in [0.29, 0.717) is 0 Å². The van der Waals surface area contributed by atoms with Crippen LogP contribution in [-0.4, -0.2) is 31.2 Å². The predicted octanol–water partition coefficient (Wildman–Crippen LogP) is 2.90. The monoisotopic (exact) mass is 265 g/mol. The molecule has 1 heterocycles. The summed E-state index contributed by atoms with van der Waals surface area (Å²) in [7, 11) is 0. The van der Waals surface area contributed by atoms with E-state index in [1.165, 1.54) is 29.1 Å². The van der Waals surface area contributed by atoms with Crippen LogP contribution in [0.15, 0.2) is 18.2 Å². The number of thioether (sulfide) groups is 1. The molecule has 2 rings (SSSR count). The first kappa shape index (κ1) is 13.8. The summed E-state index contributed by atoms with van der Waals surface area (Å²) in [6.45, 7) is 5.29. The molecule has 0 spiro atoms. The zero-order valence-corrected chi connectivity index (χ0v) is 12.0. The molecule has 0 aromatic heterocycles. The van der Waals surface area contributed by atoms with Gasteiger partial charge in [0.25, 0.3) is 0 Å². The molecule has 1 aliphatic heterocycles.